The molecule has 0 unspecified atom stereocenters. The first-order valence-corrected chi connectivity index (χ1v) is 6.37. The molecule has 0 fully saturated rings. The van der Waals surface area contributed by atoms with E-state index in [1.165, 1.54) is 24.3 Å². The Hall–Kier alpha value is -2.69. The van der Waals surface area contributed by atoms with Crippen molar-refractivity contribution in [3.8, 4) is 0 Å². The maximum atomic E-state index is 12.8. The van der Waals surface area contributed by atoms with Crippen molar-refractivity contribution in [3.05, 3.63) is 66.0 Å². The van der Waals surface area contributed by atoms with Crippen LogP contribution in [0, 0.1) is 5.82 Å². The van der Waals surface area contributed by atoms with Crippen molar-refractivity contribution in [1.82, 2.24) is 0 Å². The first kappa shape index (κ1) is 14.7. The van der Waals surface area contributed by atoms with E-state index in [-0.39, 0.29) is 12.2 Å². The third-order valence-corrected chi connectivity index (χ3v) is 2.95. The van der Waals surface area contributed by atoms with E-state index < -0.39 is 17.8 Å². The summed E-state index contributed by atoms with van der Waals surface area (Å²) in [6.07, 6.45) is -0.246. The first-order valence-electron chi connectivity index (χ1n) is 6.37. The molecule has 2 rings (SSSR count). The molecule has 0 heterocycles. The van der Waals surface area contributed by atoms with Crippen LogP contribution in [0.4, 0.5) is 10.1 Å². The summed E-state index contributed by atoms with van der Waals surface area (Å²) in [7, 11) is 0. The van der Waals surface area contributed by atoms with Gasteiger partial charge in [-0.2, -0.15) is 0 Å². The van der Waals surface area contributed by atoms with Gasteiger partial charge in [0.25, 0.3) is 0 Å². The summed E-state index contributed by atoms with van der Waals surface area (Å²) in [5.74, 6) is -2.12. The second-order valence-corrected chi connectivity index (χ2v) is 4.52. The normalized spacial score (nSPS) is 11.7. The molecule has 0 aromatic heterocycles. The van der Waals surface area contributed by atoms with Gasteiger partial charge in [0.1, 0.15) is 5.82 Å². The van der Waals surface area contributed by atoms with Gasteiger partial charge in [0.2, 0.25) is 0 Å². The number of carboxylic acid groups (broad SMARTS) is 1. The summed E-state index contributed by atoms with van der Waals surface area (Å²) < 4.78 is 12.8. The number of ketones is 1. The van der Waals surface area contributed by atoms with Gasteiger partial charge in [-0.05, 0) is 24.3 Å². The van der Waals surface area contributed by atoms with E-state index in [4.69, 9.17) is 0 Å². The number of hydrogen-bond acceptors (Lipinski definition) is 4. The minimum atomic E-state index is -1.39. The third-order valence-electron chi connectivity index (χ3n) is 2.95. The summed E-state index contributed by atoms with van der Waals surface area (Å²) in [6.45, 7) is 0. The summed E-state index contributed by atoms with van der Waals surface area (Å²) in [5, 5.41) is 13.8. The van der Waals surface area contributed by atoms with Crippen molar-refractivity contribution < 1.29 is 19.1 Å². The smallest absolute Gasteiger partial charge is 0.165 e. The second kappa shape index (κ2) is 6.65. The number of hydrogen-bond donors (Lipinski definition) is 1. The molecular formula is C16H13FNO3-. The molecule has 2 aromatic carbocycles. The van der Waals surface area contributed by atoms with Crippen LogP contribution in [0.25, 0.3) is 0 Å². The van der Waals surface area contributed by atoms with E-state index in [0.717, 1.165) is 0 Å². The number of halogens is 1. The molecule has 0 aliphatic rings. The molecule has 1 N–H and O–H groups in total. The average molecular weight is 286 g/mol. The molecule has 2 aromatic rings. The maximum absolute atomic E-state index is 12.8. The van der Waals surface area contributed by atoms with Gasteiger partial charge in [-0.3, -0.25) is 4.79 Å². The van der Waals surface area contributed by atoms with Crippen molar-refractivity contribution in [2.75, 3.05) is 5.32 Å². The number of carbonyl (C=O) groups excluding carboxylic acids is 2. The fourth-order valence-electron chi connectivity index (χ4n) is 1.87. The van der Waals surface area contributed by atoms with Crippen molar-refractivity contribution >= 4 is 17.4 Å². The third kappa shape index (κ3) is 4.14. The number of nitrogens with one attached hydrogen (secondary N) is 1. The predicted octanol–water partition coefficient (Wildman–Crippen LogP) is 1.63. The lowest BCUT2D eigenvalue weighted by atomic mass is 10.0. The van der Waals surface area contributed by atoms with Crippen LogP contribution in [0.5, 0.6) is 0 Å². The van der Waals surface area contributed by atoms with Crippen molar-refractivity contribution in [1.29, 1.82) is 0 Å². The number of carboxylic acids is 1. The molecular weight excluding hydrogens is 273 g/mol. The van der Waals surface area contributed by atoms with Crippen molar-refractivity contribution in [2.45, 2.75) is 12.5 Å². The lowest BCUT2D eigenvalue weighted by molar-refractivity contribution is -0.306. The molecule has 0 aliphatic carbocycles. The molecule has 0 bridgehead atoms. The quantitative estimate of drug-likeness (QED) is 0.819. The zero-order valence-corrected chi connectivity index (χ0v) is 11.1. The molecule has 0 aliphatic heterocycles. The zero-order valence-electron chi connectivity index (χ0n) is 11.1. The summed E-state index contributed by atoms with van der Waals surface area (Å²) in [4.78, 5) is 23.2. The van der Waals surface area contributed by atoms with E-state index in [1.54, 1.807) is 30.3 Å². The van der Waals surface area contributed by atoms with Gasteiger partial charge in [0.15, 0.2) is 5.78 Å². The standard InChI is InChI=1S/C16H14FNO3/c17-12-6-8-13(9-7-12)18-14(16(20)21)10-15(19)11-4-2-1-3-5-11/h1-9,14,18H,10H2,(H,20,21)/p-1/t14-/m1/s1. The van der Waals surface area contributed by atoms with Crippen LogP contribution in [0.2, 0.25) is 0 Å². The first-order chi connectivity index (χ1) is 10.1. The van der Waals surface area contributed by atoms with Crippen LogP contribution in [-0.4, -0.2) is 17.8 Å². The molecule has 21 heavy (non-hydrogen) atoms. The van der Waals surface area contributed by atoms with E-state index >= 15 is 0 Å². The number of carbonyl (C=O) groups is 2. The van der Waals surface area contributed by atoms with Crippen LogP contribution >= 0.6 is 0 Å². The Bertz CT molecular complexity index is 626. The van der Waals surface area contributed by atoms with Gasteiger partial charge in [0, 0.05) is 17.7 Å². The van der Waals surface area contributed by atoms with E-state index in [2.05, 4.69) is 5.32 Å². The van der Waals surface area contributed by atoms with Crippen molar-refractivity contribution in [3.63, 3.8) is 0 Å². The topological polar surface area (TPSA) is 69.2 Å². The van der Waals surface area contributed by atoms with Gasteiger partial charge >= 0.3 is 0 Å². The van der Waals surface area contributed by atoms with Gasteiger partial charge < -0.3 is 15.2 Å². The van der Waals surface area contributed by atoms with Crippen LogP contribution in [-0.2, 0) is 4.79 Å². The minimum absolute atomic E-state index is 0.246. The Morgan fingerprint density at radius 2 is 1.67 bits per heavy atom. The summed E-state index contributed by atoms with van der Waals surface area (Å²) in [6, 6.07) is 12.4. The zero-order chi connectivity index (χ0) is 15.2. The van der Waals surface area contributed by atoms with Crippen LogP contribution < -0.4 is 10.4 Å². The van der Waals surface area contributed by atoms with E-state index in [9.17, 15) is 19.1 Å². The SMILES string of the molecule is O=C(C[C@@H](Nc1ccc(F)cc1)C(=O)[O-])c1ccccc1. The summed E-state index contributed by atoms with van der Waals surface area (Å²) in [5.41, 5.74) is 0.844. The number of anilines is 1. The van der Waals surface area contributed by atoms with E-state index in [1.807, 2.05) is 0 Å². The highest BCUT2D eigenvalue weighted by molar-refractivity contribution is 5.99. The van der Waals surface area contributed by atoms with Crippen molar-refractivity contribution in [2.24, 2.45) is 0 Å². The molecule has 0 amide bonds. The Kier molecular flexibility index (Phi) is 4.66. The lowest BCUT2D eigenvalue weighted by Gasteiger charge is -2.20. The molecule has 0 saturated heterocycles. The highest BCUT2D eigenvalue weighted by Gasteiger charge is 2.16. The average Bonchev–Trinajstić information content (AvgIpc) is 2.49. The van der Waals surface area contributed by atoms with Crippen LogP contribution in [0.1, 0.15) is 16.8 Å². The lowest BCUT2D eigenvalue weighted by Crippen LogP contribution is -2.42. The van der Waals surface area contributed by atoms with Gasteiger partial charge in [-0.1, -0.05) is 30.3 Å². The highest BCUT2D eigenvalue weighted by Crippen LogP contribution is 2.13. The fraction of sp³-hybridized carbons (Fsp3) is 0.125. The van der Waals surface area contributed by atoms with Gasteiger partial charge in [0.05, 0.1) is 12.0 Å². The Morgan fingerprint density at radius 3 is 2.24 bits per heavy atom. The number of aliphatic carboxylic acids is 1. The Balaban J connectivity index is 2.07. The molecule has 0 saturated carbocycles. The number of benzene rings is 2. The molecule has 108 valence electrons. The largest absolute Gasteiger partial charge is 0.548 e. The van der Waals surface area contributed by atoms with Crippen LogP contribution in [0.3, 0.4) is 0 Å². The highest BCUT2D eigenvalue weighted by atomic mass is 19.1. The molecule has 4 nitrogen and oxygen atoms in total. The number of rotatable bonds is 6. The minimum Gasteiger partial charge on any atom is -0.548 e. The van der Waals surface area contributed by atoms with E-state index in [0.29, 0.717) is 11.3 Å². The number of Topliss-reactive ketones (excluding diaryl/α,β-unsaturated/α-hetero) is 1. The van der Waals surface area contributed by atoms with Gasteiger partial charge in [-0.15, -0.1) is 0 Å². The predicted molar refractivity (Wildman–Crippen MR) is 74.2 cm³/mol. The monoisotopic (exact) mass is 286 g/mol. The molecule has 1 atom stereocenters. The second-order valence-electron chi connectivity index (χ2n) is 4.52. The summed E-state index contributed by atoms with van der Waals surface area (Å²) >= 11 is 0. The van der Waals surface area contributed by atoms with Crippen LogP contribution in [0.15, 0.2) is 54.6 Å². The molecule has 5 heteroatoms. The molecule has 0 radical (unpaired) electrons. The fourth-order valence-corrected chi connectivity index (χ4v) is 1.87. The maximum Gasteiger partial charge on any atom is 0.165 e. The Labute approximate surface area is 121 Å². The Morgan fingerprint density at radius 1 is 1.05 bits per heavy atom. The molecule has 0 spiro atoms. The van der Waals surface area contributed by atoms with Gasteiger partial charge in [-0.25, -0.2) is 4.39 Å².